The van der Waals surface area contributed by atoms with Crippen molar-refractivity contribution in [1.82, 2.24) is 67.8 Å². The molecule has 24 nitrogen and oxygen atoms in total. The first kappa shape index (κ1) is 58.9. The van der Waals surface area contributed by atoms with E-state index in [0.717, 1.165) is 38.8 Å². The predicted octanol–water partition coefficient (Wildman–Crippen LogP) is 4.62. The smallest absolute Gasteiger partial charge is 0.296 e. The minimum absolute atomic E-state index is 0. The molecule has 4 aliphatic heterocycles. The third-order valence-corrected chi connectivity index (χ3v) is 14.9. The van der Waals surface area contributed by atoms with E-state index < -0.39 is 45.5 Å². The molecule has 12 rings (SSSR count). The van der Waals surface area contributed by atoms with Crippen molar-refractivity contribution in [2.45, 2.75) is 50.6 Å². The number of rotatable bonds is 11. The number of fused-ring (bicyclic) bond motifs is 4. The number of ether oxygens (including phenoxy) is 4. The Bertz CT molecular complexity index is 3410. The van der Waals surface area contributed by atoms with Crippen molar-refractivity contribution in [3.8, 4) is 23.1 Å². The molecule has 0 radical (unpaired) electrons. The second kappa shape index (κ2) is 25.9. The highest BCUT2D eigenvalue weighted by atomic mass is 35.7. The van der Waals surface area contributed by atoms with Crippen LogP contribution in [0, 0.1) is 0 Å². The summed E-state index contributed by atoms with van der Waals surface area (Å²) in [7, 11) is 5.56. The fourth-order valence-corrected chi connectivity index (χ4v) is 10.9. The molecule has 4 fully saturated rings. The Morgan fingerprint density at radius 1 is 0.608 bits per heavy atom. The average molecular weight is 1170 g/mol. The van der Waals surface area contributed by atoms with Gasteiger partial charge in [0.1, 0.15) is 32.5 Å². The molecule has 0 spiro atoms. The number of morpholine rings is 2. The van der Waals surface area contributed by atoms with E-state index in [1.807, 2.05) is 18.7 Å². The highest BCUT2D eigenvalue weighted by Crippen LogP contribution is 2.38. The lowest BCUT2D eigenvalue weighted by molar-refractivity contribution is 0.122. The topological polar surface area (TPSA) is 279 Å². The largest absolute Gasteiger partial charge is 0.494 e. The molecule has 31 heteroatoms. The van der Waals surface area contributed by atoms with Gasteiger partial charge >= 0.3 is 0 Å². The molecular weight excluding hydrogens is 1100 g/mol. The standard InChI is InChI=1S/C24H28F2N8O3S.C23H26F2N8O2.CH3ClOS.2H2O/c1-36-17-5-3-4-16-18(17)28-23(20(25)26)34(16)22-19-21(29-24(30-22)31-10-12-37-13-11-31)33(14-27-19)15-6-8-32(9-7-15)38(2)35;1-34-16-4-2-3-15-17(16)28-22(19(24)25)33(15)21-18-20(29-23(30-21)31-9-11-35-12-10-31)32(13-27-18)14-5-7-26-8-6-14;1-4(2)3;;/h3-5,14-15,20H,6-13H2,1-2H3;2-4,13-14,19,26H,5-12H2,1H3;1H3;2*1H2. The van der Waals surface area contributed by atoms with Gasteiger partial charge in [0.2, 0.25) is 11.9 Å². The number of piperidine rings is 2. The Labute approximate surface area is 459 Å². The molecule has 5 N–H and O–H groups in total. The van der Waals surface area contributed by atoms with Crippen molar-refractivity contribution in [2.75, 3.05) is 115 Å². The number of benzene rings is 2. The molecule has 8 aromatic rings. The van der Waals surface area contributed by atoms with E-state index in [4.69, 9.17) is 49.6 Å². The summed E-state index contributed by atoms with van der Waals surface area (Å²) in [5, 5.41) is 3.38. The third-order valence-electron chi connectivity index (χ3n) is 13.9. The molecule has 4 aliphatic rings. The quantitative estimate of drug-likeness (QED) is 0.137. The number of nitrogens with zero attached hydrogens (tertiary/aromatic N) is 15. The molecule has 0 aliphatic carbocycles. The second-order valence-corrected chi connectivity index (χ2v) is 21.8. The van der Waals surface area contributed by atoms with Crippen LogP contribution in [0.1, 0.15) is 62.3 Å². The van der Waals surface area contributed by atoms with Crippen molar-refractivity contribution in [1.29, 1.82) is 0 Å². The first-order valence-corrected chi connectivity index (χ1v) is 28.9. The maximum atomic E-state index is 14.4. The fraction of sp³-hybridized carbons (Fsp3) is 0.500. The van der Waals surface area contributed by atoms with E-state index in [-0.39, 0.29) is 34.7 Å². The number of para-hydroxylation sites is 2. The molecule has 0 amide bonds. The zero-order valence-electron chi connectivity index (χ0n) is 43.6. The lowest BCUT2D eigenvalue weighted by Crippen LogP contribution is -2.37. The number of alkyl halides is 4. The first-order chi connectivity index (χ1) is 37.3. The number of aromatic nitrogens is 12. The maximum absolute atomic E-state index is 14.4. The minimum Gasteiger partial charge on any atom is -0.494 e. The molecule has 2 unspecified atom stereocenters. The Kier molecular flexibility index (Phi) is 19.3. The van der Waals surface area contributed by atoms with E-state index in [2.05, 4.69) is 29.8 Å². The Hall–Kier alpha value is -6.25. The molecule has 428 valence electrons. The van der Waals surface area contributed by atoms with Crippen LogP contribution in [-0.2, 0) is 30.5 Å². The van der Waals surface area contributed by atoms with E-state index >= 15 is 0 Å². The molecular formula is C48H61ClF4N16O8S2. The van der Waals surface area contributed by atoms with E-state index in [9.17, 15) is 26.0 Å². The van der Waals surface area contributed by atoms with Gasteiger partial charge < -0.3 is 54.2 Å². The van der Waals surface area contributed by atoms with Crippen molar-refractivity contribution < 1.29 is 55.9 Å². The molecule has 2 atom stereocenters. The SMILES string of the molecule is COc1cccc2c1nc(C(F)F)n2-c1nc(N2CCOCC2)nc2c1ncn2C1CCN(S(C)=O)CC1.COc1cccc2c1nc(C(F)F)n2-c1nc(N2CCOCC2)nc2c1ncn2C1CCNCC1.CS(=O)Cl.O.O. The number of methoxy groups -OCH3 is 2. The predicted molar refractivity (Wildman–Crippen MR) is 291 cm³/mol. The number of hydrogen-bond acceptors (Lipinski definition) is 17. The van der Waals surface area contributed by atoms with Crippen LogP contribution >= 0.6 is 10.7 Å². The van der Waals surface area contributed by atoms with Gasteiger partial charge in [-0.3, -0.25) is 9.13 Å². The summed E-state index contributed by atoms with van der Waals surface area (Å²) in [6.07, 6.45) is 4.28. The van der Waals surface area contributed by atoms with E-state index in [1.165, 1.54) is 29.6 Å². The monoisotopic (exact) mass is 1160 g/mol. The number of halogens is 5. The average Bonchev–Trinajstić information content (AvgIpc) is 4.35. The molecule has 0 bridgehead atoms. The van der Waals surface area contributed by atoms with Crippen LogP contribution in [-0.4, -0.2) is 187 Å². The maximum Gasteiger partial charge on any atom is 0.296 e. The minimum atomic E-state index is -2.86. The number of imidazole rings is 4. The first-order valence-electron chi connectivity index (χ1n) is 25.0. The van der Waals surface area contributed by atoms with Gasteiger partial charge in [-0.15, -0.1) is 0 Å². The van der Waals surface area contributed by atoms with Crippen LogP contribution in [0.4, 0.5) is 29.5 Å². The van der Waals surface area contributed by atoms with Gasteiger partial charge in [-0.25, -0.2) is 50.2 Å². The Morgan fingerprint density at radius 2 is 1.01 bits per heavy atom. The van der Waals surface area contributed by atoms with Crippen LogP contribution < -0.4 is 24.6 Å². The summed E-state index contributed by atoms with van der Waals surface area (Å²) in [6.45, 7) is 7.73. The van der Waals surface area contributed by atoms with Crippen LogP contribution in [0.25, 0.3) is 56.0 Å². The van der Waals surface area contributed by atoms with Gasteiger partial charge in [0.15, 0.2) is 45.6 Å². The Balaban J connectivity index is 0.000000191. The van der Waals surface area contributed by atoms with Crippen LogP contribution in [0.15, 0.2) is 49.1 Å². The van der Waals surface area contributed by atoms with Crippen molar-refractivity contribution in [2.24, 2.45) is 0 Å². The number of hydrogen-bond donors (Lipinski definition) is 1. The van der Waals surface area contributed by atoms with Crippen LogP contribution in [0.5, 0.6) is 11.5 Å². The molecule has 10 heterocycles. The van der Waals surface area contributed by atoms with Gasteiger partial charge in [0, 0.05) is 63.9 Å². The second-order valence-electron chi connectivity index (χ2n) is 18.4. The normalized spacial score (nSPS) is 17.6. The van der Waals surface area contributed by atoms with Gasteiger partial charge in [0.25, 0.3) is 12.9 Å². The molecule has 4 saturated heterocycles. The summed E-state index contributed by atoms with van der Waals surface area (Å²) >= 11 is 0. The summed E-state index contributed by atoms with van der Waals surface area (Å²) in [5.74, 6) is 1.39. The summed E-state index contributed by atoms with van der Waals surface area (Å²) in [6, 6.07) is 10.6. The van der Waals surface area contributed by atoms with Gasteiger partial charge in [0.05, 0.1) is 75.3 Å². The third kappa shape index (κ3) is 12.1. The number of nitrogens with one attached hydrogen (secondary N) is 1. The van der Waals surface area contributed by atoms with Crippen molar-refractivity contribution in [3.05, 3.63) is 60.7 Å². The summed E-state index contributed by atoms with van der Waals surface area (Å²) in [4.78, 5) is 41.2. The summed E-state index contributed by atoms with van der Waals surface area (Å²) < 4.78 is 109. The van der Waals surface area contributed by atoms with Gasteiger partial charge in [-0.05, 0) is 73.7 Å². The van der Waals surface area contributed by atoms with Gasteiger partial charge in [-0.1, -0.05) is 12.1 Å². The fourth-order valence-electron chi connectivity index (χ4n) is 10.1. The molecule has 6 aromatic heterocycles. The van der Waals surface area contributed by atoms with Crippen LogP contribution in [0.2, 0.25) is 0 Å². The van der Waals surface area contributed by atoms with E-state index in [0.29, 0.717) is 133 Å². The zero-order chi connectivity index (χ0) is 53.9. The lowest BCUT2D eigenvalue weighted by Gasteiger charge is -2.31. The highest BCUT2D eigenvalue weighted by molar-refractivity contribution is 8.07. The highest BCUT2D eigenvalue weighted by Gasteiger charge is 2.32. The molecule has 79 heavy (non-hydrogen) atoms. The molecule has 0 saturated carbocycles. The number of anilines is 2. The molecule has 2 aromatic carbocycles. The van der Waals surface area contributed by atoms with Crippen LogP contribution in [0.3, 0.4) is 0 Å². The Morgan fingerprint density at radius 3 is 1.39 bits per heavy atom. The van der Waals surface area contributed by atoms with Crippen molar-refractivity contribution in [3.63, 3.8) is 0 Å². The lowest BCUT2D eigenvalue weighted by atomic mass is 10.1. The van der Waals surface area contributed by atoms with Crippen molar-refractivity contribution >= 4 is 88.0 Å². The summed E-state index contributed by atoms with van der Waals surface area (Å²) in [5.41, 5.74) is 3.67. The van der Waals surface area contributed by atoms with E-state index in [1.54, 1.807) is 55.3 Å². The van der Waals surface area contributed by atoms with Gasteiger partial charge in [-0.2, -0.15) is 19.9 Å². The zero-order valence-corrected chi connectivity index (χ0v) is 46.0.